The standard InChI is InChI=1S/C25H29N3O2S/c29-23(7-6-19-8-15-31-17-19)27-12-9-25(10-13-27)11-14-28(18-25)24(30)26-22-16-21(22)20-4-2-1-3-5-20/h1-8,15,17,21-22H,9-14,16,18H2,(H,26,30). The second-order valence-corrected chi connectivity index (χ2v) is 9.98. The van der Waals surface area contributed by atoms with E-state index in [1.54, 1.807) is 17.4 Å². The average Bonchev–Trinajstić information content (AvgIpc) is 3.17. The molecule has 1 saturated carbocycles. The maximum absolute atomic E-state index is 12.8. The third kappa shape index (κ3) is 4.54. The summed E-state index contributed by atoms with van der Waals surface area (Å²) in [5.41, 5.74) is 2.57. The van der Waals surface area contributed by atoms with E-state index in [1.165, 1.54) is 5.56 Å². The van der Waals surface area contributed by atoms with Gasteiger partial charge in [0.1, 0.15) is 0 Å². The normalized spacial score (nSPS) is 24.6. The molecule has 1 spiro atoms. The molecule has 1 aromatic carbocycles. The Labute approximate surface area is 187 Å². The number of hydrogen-bond donors (Lipinski definition) is 1. The number of nitrogens with one attached hydrogen (secondary N) is 1. The lowest BCUT2D eigenvalue weighted by atomic mass is 9.78. The Morgan fingerprint density at radius 3 is 2.48 bits per heavy atom. The second-order valence-electron chi connectivity index (χ2n) is 9.20. The third-order valence-electron chi connectivity index (χ3n) is 7.15. The number of hydrogen-bond acceptors (Lipinski definition) is 3. The molecule has 3 aliphatic rings. The maximum atomic E-state index is 12.8. The molecule has 2 unspecified atom stereocenters. The summed E-state index contributed by atoms with van der Waals surface area (Å²) in [4.78, 5) is 29.3. The molecule has 2 aromatic rings. The smallest absolute Gasteiger partial charge is 0.317 e. The fourth-order valence-corrected chi connectivity index (χ4v) is 5.66. The third-order valence-corrected chi connectivity index (χ3v) is 7.85. The van der Waals surface area contributed by atoms with Crippen molar-refractivity contribution in [2.45, 2.75) is 37.6 Å². The Balaban J connectivity index is 1.09. The van der Waals surface area contributed by atoms with E-state index in [0.29, 0.717) is 5.92 Å². The molecular formula is C25H29N3O2S. The Morgan fingerprint density at radius 2 is 1.77 bits per heavy atom. The van der Waals surface area contributed by atoms with Crippen molar-refractivity contribution in [2.75, 3.05) is 26.2 Å². The zero-order valence-corrected chi connectivity index (χ0v) is 18.5. The lowest BCUT2D eigenvalue weighted by molar-refractivity contribution is -0.128. The summed E-state index contributed by atoms with van der Waals surface area (Å²) in [6, 6.07) is 12.8. The summed E-state index contributed by atoms with van der Waals surface area (Å²) >= 11 is 1.63. The van der Waals surface area contributed by atoms with Crippen molar-refractivity contribution in [3.05, 3.63) is 64.4 Å². The van der Waals surface area contributed by atoms with E-state index in [9.17, 15) is 9.59 Å². The van der Waals surface area contributed by atoms with Crippen LogP contribution in [0.5, 0.6) is 0 Å². The molecule has 5 rings (SSSR count). The van der Waals surface area contributed by atoms with Crippen LogP contribution in [-0.2, 0) is 4.79 Å². The van der Waals surface area contributed by atoms with Gasteiger partial charge in [-0.1, -0.05) is 30.3 Å². The summed E-state index contributed by atoms with van der Waals surface area (Å²) in [6.07, 6.45) is 7.61. The SMILES string of the molecule is O=C(C=Cc1ccsc1)N1CCC2(CC1)CCN(C(=O)NC1CC1c1ccccc1)C2. The van der Waals surface area contributed by atoms with Gasteiger partial charge in [0.2, 0.25) is 5.91 Å². The number of thiophene rings is 1. The fourth-order valence-electron chi connectivity index (χ4n) is 5.03. The van der Waals surface area contributed by atoms with Crippen LogP contribution in [0.25, 0.3) is 6.08 Å². The van der Waals surface area contributed by atoms with Gasteiger partial charge in [-0.3, -0.25) is 4.79 Å². The molecule has 0 radical (unpaired) electrons. The van der Waals surface area contributed by atoms with Gasteiger partial charge in [-0.2, -0.15) is 11.3 Å². The number of likely N-dealkylation sites (tertiary alicyclic amines) is 2. The fraction of sp³-hybridized carbons (Fsp3) is 0.440. The van der Waals surface area contributed by atoms with Gasteiger partial charge >= 0.3 is 6.03 Å². The average molecular weight is 436 g/mol. The van der Waals surface area contributed by atoms with E-state index < -0.39 is 0 Å². The molecule has 3 heterocycles. The monoisotopic (exact) mass is 435 g/mol. The molecular weight excluding hydrogens is 406 g/mol. The number of amides is 3. The molecule has 2 saturated heterocycles. The largest absolute Gasteiger partial charge is 0.339 e. The quantitative estimate of drug-likeness (QED) is 0.727. The van der Waals surface area contributed by atoms with E-state index in [0.717, 1.165) is 57.4 Å². The van der Waals surface area contributed by atoms with Gasteiger partial charge in [-0.25, -0.2) is 4.79 Å². The molecule has 6 heteroatoms. The van der Waals surface area contributed by atoms with E-state index >= 15 is 0 Å². The van der Waals surface area contributed by atoms with Gasteiger partial charge in [0, 0.05) is 44.2 Å². The molecule has 1 aromatic heterocycles. The van der Waals surface area contributed by atoms with Crippen molar-refractivity contribution in [1.29, 1.82) is 0 Å². The van der Waals surface area contributed by atoms with Crippen LogP contribution in [0.4, 0.5) is 4.79 Å². The minimum Gasteiger partial charge on any atom is -0.339 e. The van der Waals surface area contributed by atoms with Crippen LogP contribution in [0, 0.1) is 5.41 Å². The molecule has 0 bridgehead atoms. The maximum Gasteiger partial charge on any atom is 0.317 e. The minimum atomic E-state index is 0.0810. The molecule has 1 N–H and O–H groups in total. The van der Waals surface area contributed by atoms with E-state index in [1.807, 2.05) is 38.8 Å². The first-order valence-corrected chi connectivity index (χ1v) is 12.2. The Kier molecular flexibility index (Phi) is 5.57. The van der Waals surface area contributed by atoms with E-state index in [-0.39, 0.29) is 23.4 Å². The van der Waals surface area contributed by atoms with Gasteiger partial charge in [0.25, 0.3) is 0 Å². The predicted molar refractivity (Wildman–Crippen MR) is 124 cm³/mol. The van der Waals surface area contributed by atoms with E-state index in [4.69, 9.17) is 0 Å². The van der Waals surface area contributed by atoms with Crippen LogP contribution in [0.1, 0.15) is 42.7 Å². The van der Waals surface area contributed by atoms with Crippen LogP contribution in [-0.4, -0.2) is 54.0 Å². The van der Waals surface area contributed by atoms with Crippen LogP contribution in [0.3, 0.4) is 0 Å². The molecule has 3 fully saturated rings. The lowest BCUT2D eigenvalue weighted by Crippen LogP contribution is -2.45. The first kappa shape index (κ1) is 20.3. The molecule has 31 heavy (non-hydrogen) atoms. The van der Waals surface area contributed by atoms with Crippen LogP contribution < -0.4 is 5.32 Å². The van der Waals surface area contributed by atoms with Gasteiger partial charge in [-0.05, 0) is 65.1 Å². The van der Waals surface area contributed by atoms with Crippen LogP contribution >= 0.6 is 11.3 Å². The number of urea groups is 1. The molecule has 1 aliphatic carbocycles. The molecule has 162 valence electrons. The summed E-state index contributed by atoms with van der Waals surface area (Å²) < 4.78 is 0. The number of piperidine rings is 1. The predicted octanol–water partition coefficient (Wildman–Crippen LogP) is 4.34. The van der Waals surface area contributed by atoms with Gasteiger partial charge in [-0.15, -0.1) is 0 Å². The summed E-state index contributed by atoms with van der Waals surface area (Å²) in [5, 5.41) is 7.29. The van der Waals surface area contributed by atoms with E-state index in [2.05, 4.69) is 29.6 Å². The summed E-state index contributed by atoms with van der Waals surface area (Å²) in [6.45, 7) is 3.19. The van der Waals surface area contributed by atoms with Crippen molar-refractivity contribution in [1.82, 2.24) is 15.1 Å². The van der Waals surface area contributed by atoms with Gasteiger partial charge < -0.3 is 15.1 Å². The van der Waals surface area contributed by atoms with Gasteiger partial charge in [0.05, 0.1) is 0 Å². The van der Waals surface area contributed by atoms with Crippen molar-refractivity contribution in [2.24, 2.45) is 5.41 Å². The highest BCUT2D eigenvalue weighted by Gasteiger charge is 2.45. The highest BCUT2D eigenvalue weighted by molar-refractivity contribution is 7.08. The van der Waals surface area contributed by atoms with Gasteiger partial charge in [0.15, 0.2) is 0 Å². The number of rotatable bonds is 4. The lowest BCUT2D eigenvalue weighted by Gasteiger charge is -2.38. The summed E-state index contributed by atoms with van der Waals surface area (Å²) in [7, 11) is 0. The summed E-state index contributed by atoms with van der Waals surface area (Å²) in [5.74, 6) is 0.549. The molecule has 3 amide bonds. The van der Waals surface area contributed by atoms with Crippen LogP contribution in [0.2, 0.25) is 0 Å². The molecule has 2 atom stereocenters. The number of nitrogens with zero attached hydrogens (tertiary/aromatic N) is 2. The minimum absolute atomic E-state index is 0.0810. The first-order valence-electron chi connectivity index (χ1n) is 11.2. The number of benzene rings is 1. The highest BCUT2D eigenvalue weighted by Crippen LogP contribution is 2.42. The highest BCUT2D eigenvalue weighted by atomic mass is 32.1. The molecule has 5 nitrogen and oxygen atoms in total. The van der Waals surface area contributed by atoms with Crippen molar-refractivity contribution in [3.8, 4) is 0 Å². The second kappa shape index (κ2) is 8.50. The Morgan fingerprint density at radius 1 is 1.03 bits per heavy atom. The number of carbonyl (C=O) groups excluding carboxylic acids is 2. The molecule has 2 aliphatic heterocycles. The topological polar surface area (TPSA) is 52.7 Å². The first-order chi connectivity index (χ1) is 15.1. The zero-order valence-electron chi connectivity index (χ0n) is 17.7. The zero-order chi connectivity index (χ0) is 21.3. The number of carbonyl (C=O) groups is 2. The van der Waals surface area contributed by atoms with Crippen molar-refractivity contribution < 1.29 is 9.59 Å². The van der Waals surface area contributed by atoms with Crippen LogP contribution in [0.15, 0.2) is 53.2 Å². The van der Waals surface area contributed by atoms with Crippen molar-refractivity contribution >= 4 is 29.4 Å². The van der Waals surface area contributed by atoms with Crippen molar-refractivity contribution in [3.63, 3.8) is 0 Å². The Hall–Kier alpha value is -2.60. The Bertz CT molecular complexity index is 948.